The molecule has 57 heavy (non-hydrogen) atoms. The second kappa shape index (κ2) is 21.2. The van der Waals surface area contributed by atoms with Gasteiger partial charge in [-0.15, -0.1) is 11.3 Å². The lowest BCUT2D eigenvalue weighted by Gasteiger charge is -2.38. The van der Waals surface area contributed by atoms with Crippen molar-refractivity contribution in [3.8, 4) is 11.1 Å². The maximum absolute atomic E-state index is 14.2. The van der Waals surface area contributed by atoms with E-state index in [1.54, 1.807) is 24.3 Å². The van der Waals surface area contributed by atoms with Gasteiger partial charge in [0.15, 0.2) is 6.10 Å². The molecule has 13 heteroatoms. The Labute approximate surface area is 341 Å². The van der Waals surface area contributed by atoms with Gasteiger partial charge in [-0.05, 0) is 67.8 Å². The van der Waals surface area contributed by atoms with Gasteiger partial charge in [0, 0.05) is 37.9 Å². The maximum atomic E-state index is 14.2. The summed E-state index contributed by atoms with van der Waals surface area (Å²) < 4.78 is 5.80. The first-order chi connectivity index (χ1) is 27.1. The fourth-order valence-electron chi connectivity index (χ4n) is 7.49. The second-order valence-corrected chi connectivity index (χ2v) is 16.8. The van der Waals surface area contributed by atoms with Gasteiger partial charge in [0.25, 0.3) is 5.91 Å². The molecule has 3 N–H and O–H groups in total. The maximum Gasteiger partial charge on any atom is 0.306 e. The molecule has 1 aromatic heterocycles. The van der Waals surface area contributed by atoms with Crippen molar-refractivity contribution in [1.29, 1.82) is 0 Å². The van der Waals surface area contributed by atoms with Crippen LogP contribution >= 0.6 is 11.3 Å². The van der Waals surface area contributed by atoms with Crippen LogP contribution in [0.15, 0.2) is 60.0 Å². The molecule has 7 atom stereocenters. The van der Waals surface area contributed by atoms with E-state index in [2.05, 4.69) is 15.6 Å². The summed E-state index contributed by atoms with van der Waals surface area (Å²) in [6.07, 6.45) is 3.43. The molecule has 310 valence electrons. The number of esters is 1. The molecule has 0 spiro atoms. The quantitative estimate of drug-likeness (QED) is 0.112. The fraction of sp³-hybridized carbons (Fsp3) is 0.545. The standard InChI is InChI=1S/C44H61N5O7S/c1-9-28(4)39(47-41(52)36-17-13-14-22-48(36)7)43(53)49(8)37(27(2)3)25-38(56-30(6)50)42-46-35(26-57-42)40(51)45-34(23-29(5)44(54)55)24-31-18-20-33(21-19-31)32-15-11-10-12-16-32/h10-12,15-16,18-21,26-29,34,36-39H,9,13-14,17,22-25H2,1-8H3,(H,45,51)(H,47,52)(H,54,55)/t28-,29-,34+,36?,37+,38+,39?/m0/s1. The minimum atomic E-state index is -0.952. The van der Waals surface area contributed by atoms with Crippen molar-refractivity contribution < 1.29 is 33.8 Å². The molecule has 1 fully saturated rings. The number of hydrogen-bond donors (Lipinski definition) is 3. The van der Waals surface area contributed by atoms with Gasteiger partial charge >= 0.3 is 11.9 Å². The summed E-state index contributed by atoms with van der Waals surface area (Å²) in [5.74, 6) is -3.18. The van der Waals surface area contributed by atoms with Crippen molar-refractivity contribution in [3.05, 3.63) is 76.2 Å². The number of likely N-dealkylation sites (tertiary alicyclic amines) is 1. The average molecular weight is 804 g/mol. The third-order valence-electron chi connectivity index (χ3n) is 11.2. The fourth-order valence-corrected chi connectivity index (χ4v) is 8.33. The molecule has 4 rings (SSSR count). The lowest BCUT2D eigenvalue weighted by molar-refractivity contribution is -0.149. The predicted octanol–water partition coefficient (Wildman–Crippen LogP) is 6.75. The van der Waals surface area contributed by atoms with E-state index in [0.29, 0.717) is 17.8 Å². The third kappa shape index (κ3) is 12.7. The molecule has 0 bridgehead atoms. The molecule has 1 aliphatic heterocycles. The zero-order valence-corrected chi connectivity index (χ0v) is 35.5. The highest BCUT2D eigenvalue weighted by molar-refractivity contribution is 7.09. The first-order valence-electron chi connectivity index (χ1n) is 20.2. The number of aliphatic carboxylic acids is 1. The van der Waals surface area contributed by atoms with Crippen LogP contribution in [0.4, 0.5) is 0 Å². The van der Waals surface area contributed by atoms with Gasteiger partial charge in [0.05, 0.1) is 12.0 Å². The zero-order valence-electron chi connectivity index (χ0n) is 34.7. The number of hydrogen-bond acceptors (Lipinski definition) is 9. The number of benzene rings is 2. The highest BCUT2D eigenvalue weighted by atomic mass is 32.1. The Morgan fingerprint density at radius 3 is 2.23 bits per heavy atom. The zero-order chi connectivity index (χ0) is 41.8. The van der Waals surface area contributed by atoms with Crippen molar-refractivity contribution in [1.82, 2.24) is 25.4 Å². The number of carboxylic acid groups (broad SMARTS) is 1. The number of nitrogens with one attached hydrogen (secondary N) is 2. The number of carbonyl (C=O) groups is 5. The van der Waals surface area contributed by atoms with Crippen LogP contribution < -0.4 is 10.6 Å². The smallest absolute Gasteiger partial charge is 0.306 e. The molecule has 0 aliphatic carbocycles. The molecular weight excluding hydrogens is 743 g/mol. The predicted molar refractivity (Wildman–Crippen MR) is 223 cm³/mol. The summed E-state index contributed by atoms with van der Waals surface area (Å²) in [5.41, 5.74) is 3.20. The van der Waals surface area contributed by atoms with Crippen LogP contribution in [0.5, 0.6) is 0 Å². The number of nitrogens with zero attached hydrogens (tertiary/aromatic N) is 3. The minimum Gasteiger partial charge on any atom is -0.481 e. The number of amides is 3. The van der Waals surface area contributed by atoms with Crippen LogP contribution in [-0.4, -0.2) is 94.4 Å². The largest absolute Gasteiger partial charge is 0.481 e. The van der Waals surface area contributed by atoms with E-state index in [1.165, 1.54) is 18.3 Å². The van der Waals surface area contributed by atoms with Crippen molar-refractivity contribution >= 4 is 41.0 Å². The van der Waals surface area contributed by atoms with E-state index < -0.39 is 48.0 Å². The summed E-state index contributed by atoms with van der Waals surface area (Å²) >= 11 is 1.18. The van der Waals surface area contributed by atoms with Crippen LogP contribution in [-0.2, 0) is 30.3 Å². The monoisotopic (exact) mass is 803 g/mol. The lowest BCUT2D eigenvalue weighted by Crippen LogP contribution is -2.58. The lowest BCUT2D eigenvalue weighted by atomic mass is 9.92. The molecular formula is C44H61N5O7S. The van der Waals surface area contributed by atoms with Crippen molar-refractivity contribution in [3.63, 3.8) is 0 Å². The summed E-state index contributed by atoms with van der Waals surface area (Å²) in [5, 5.41) is 17.8. The van der Waals surface area contributed by atoms with Gasteiger partial charge in [0.1, 0.15) is 16.7 Å². The Morgan fingerprint density at radius 2 is 1.63 bits per heavy atom. The number of carboxylic acids is 1. The van der Waals surface area contributed by atoms with Gasteiger partial charge in [-0.25, -0.2) is 4.98 Å². The molecule has 1 saturated heterocycles. The van der Waals surface area contributed by atoms with Crippen LogP contribution in [0.3, 0.4) is 0 Å². The van der Waals surface area contributed by atoms with Gasteiger partial charge in [-0.2, -0.15) is 0 Å². The molecule has 1 aliphatic rings. The normalized spacial score (nSPS) is 17.7. The molecule has 2 heterocycles. The van der Waals surface area contributed by atoms with Crippen molar-refractivity contribution in [2.24, 2.45) is 17.8 Å². The third-order valence-corrected chi connectivity index (χ3v) is 12.1. The van der Waals surface area contributed by atoms with Crippen LogP contribution in [0.25, 0.3) is 11.1 Å². The van der Waals surface area contributed by atoms with Gasteiger partial charge < -0.3 is 25.4 Å². The average Bonchev–Trinajstić information content (AvgIpc) is 3.69. The van der Waals surface area contributed by atoms with E-state index >= 15 is 0 Å². The van der Waals surface area contributed by atoms with Crippen molar-refractivity contribution in [2.75, 3.05) is 20.6 Å². The van der Waals surface area contributed by atoms with Crippen LogP contribution in [0, 0.1) is 17.8 Å². The van der Waals surface area contributed by atoms with Gasteiger partial charge in [0.2, 0.25) is 11.8 Å². The first-order valence-corrected chi connectivity index (χ1v) is 21.0. The number of thiazole rings is 1. The topological polar surface area (TPSA) is 158 Å². The molecule has 3 aromatic rings. The van der Waals surface area contributed by atoms with Gasteiger partial charge in [-0.1, -0.05) is 102 Å². The summed E-state index contributed by atoms with van der Waals surface area (Å²) in [4.78, 5) is 74.0. The van der Waals surface area contributed by atoms with E-state index in [9.17, 15) is 29.1 Å². The molecule has 0 saturated carbocycles. The number of aromatic nitrogens is 1. The highest BCUT2D eigenvalue weighted by Crippen LogP contribution is 2.31. The Balaban J connectivity index is 1.51. The summed E-state index contributed by atoms with van der Waals surface area (Å²) in [6, 6.07) is 16.1. The van der Waals surface area contributed by atoms with E-state index in [0.717, 1.165) is 42.5 Å². The Kier molecular flexibility index (Phi) is 16.8. The number of rotatable bonds is 19. The molecule has 2 unspecified atom stereocenters. The number of carbonyl (C=O) groups excluding carboxylic acids is 4. The minimum absolute atomic E-state index is 0.0590. The van der Waals surface area contributed by atoms with Crippen LogP contribution in [0.2, 0.25) is 0 Å². The Hall–Kier alpha value is -4.62. The number of ether oxygens (including phenoxy) is 1. The second-order valence-electron chi connectivity index (χ2n) is 15.9. The number of piperidine rings is 1. The molecule has 0 radical (unpaired) electrons. The van der Waals surface area contributed by atoms with Crippen LogP contribution in [0.1, 0.15) is 107 Å². The van der Waals surface area contributed by atoms with E-state index in [1.807, 2.05) is 94.2 Å². The molecule has 12 nitrogen and oxygen atoms in total. The SMILES string of the molecule is CC[C@H](C)C(NC(=O)C1CCCCN1C)C(=O)N(C)[C@H](C[C@@H](OC(C)=O)c1nc(C(=O)N[C@@H](Cc2ccc(-c3ccccc3)cc2)C[C@H](C)C(=O)O)cs1)C(C)C. The summed E-state index contributed by atoms with van der Waals surface area (Å²) in [7, 11) is 3.66. The Bertz CT molecular complexity index is 1800. The highest BCUT2D eigenvalue weighted by Gasteiger charge is 2.37. The number of likely N-dealkylation sites (N-methyl/N-ethyl adjacent to an activating group) is 2. The first kappa shape index (κ1) is 45.1. The summed E-state index contributed by atoms with van der Waals surface area (Å²) in [6.45, 7) is 11.7. The van der Waals surface area contributed by atoms with E-state index in [4.69, 9.17) is 4.74 Å². The molecule has 3 amide bonds. The Morgan fingerprint density at radius 1 is 0.965 bits per heavy atom. The van der Waals surface area contributed by atoms with E-state index in [-0.39, 0.29) is 48.2 Å². The molecule has 2 aromatic carbocycles. The van der Waals surface area contributed by atoms with Crippen molar-refractivity contribution in [2.45, 2.75) is 117 Å². The van der Waals surface area contributed by atoms with Gasteiger partial charge in [-0.3, -0.25) is 28.9 Å².